The van der Waals surface area contributed by atoms with Crippen LogP contribution >= 0.6 is 34.5 Å². The molecule has 4 rings (SSSR count). The van der Waals surface area contributed by atoms with Crippen molar-refractivity contribution in [2.45, 2.75) is 50.3 Å². The van der Waals surface area contributed by atoms with Crippen molar-refractivity contribution in [3.8, 4) is 0 Å². The molecule has 2 aromatic carbocycles. The Morgan fingerprint density at radius 2 is 1.65 bits per heavy atom. The van der Waals surface area contributed by atoms with Crippen molar-refractivity contribution in [1.29, 1.82) is 0 Å². The number of nitrogens with zero attached hydrogens (tertiary/aromatic N) is 2. The summed E-state index contributed by atoms with van der Waals surface area (Å²) in [5, 5.41) is 15.5. The summed E-state index contributed by atoms with van der Waals surface area (Å²) >= 11 is 13.8. The van der Waals surface area contributed by atoms with Crippen molar-refractivity contribution in [2.24, 2.45) is 5.92 Å². The number of aliphatic hydroxyl groups excluding tert-OH is 1. The van der Waals surface area contributed by atoms with Gasteiger partial charge in [0, 0.05) is 41.6 Å². The van der Waals surface area contributed by atoms with Crippen LogP contribution in [0.3, 0.4) is 0 Å². The second-order valence-electron chi connectivity index (χ2n) is 11.2. The van der Waals surface area contributed by atoms with Gasteiger partial charge in [0.15, 0.2) is 0 Å². The maximum atomic E-state index is 13.7. The number of carbonyl (C=O) groups excluding carboxylic acids is 2. The van der Waals surface area contributed by atoms with Crippen molar-refractivity contribution < 1.29 is 18.9 Å². The summed E-state index contributed by atoms with van der Waals surface area (Å²) in [5.74, 6) is 3.54. The minimum absolute atomic E-state index is 0.0496. The minimum Gasteiger partial charge on any atom is -0.391 e. The molecule has 0 saturated carbocycles. The summed E-state index contributed by atoms with van der Waals surface area (Å²) in [4.78, 5) is 31.7. The molecular formula is C31H38Cl2N4O4S2. The molecule has 2 amide bonds. The van der Waals surface area contributed by atoms with Crippen molar-refractivity contribution in [3.63, 3.8) is 0 Å². The number of benzene rings is 2. The lowest BCUT2D eigenvalue weighted by atomic mass is 10.0. The first-order valence-corrected chi connectivity index (χ1v) is 17.4. The largest absolute Gasteiger partial charge is 0.391 e. The Kier molecular flexibility index (Phi) is 10.8. The first-order valence-electron chi connectivity index (χ1n) is 14.1. The van der Waals surface area contributed by atoms with E-state index in [1.54, 1.807) is 21.1 Å². The van der Waals surface area contributed by atoms with E-state index in [1.165, 1.54) is 25.1 Å². The summed E-state index contributed by atoms with van der Waals surface area (Å²) in [6.07, 6.45) is -0.540. The topological polar surface area (TPSA) is 102 Å². The number of halogens is 2. The molecule has 3 N–H and O–H groups in total. The van der Waals surface area contributed by atoms with Crippen molar-refractivity contribution in [2.75, 3.05) is 26.2 Å². The minimum atomic E-state index is -3.25. The molecule has 0 bridgehead atoms. The van der Waals surface area contributed by atoms with Gasteiger partial charge in [0.25, 0.3) is 0 Å². The van der Waals surface area contributed by atoms with Gasteiger partial charge in [-0.25, -0.2) is 8.93 Å². The zero-order valence-corrected chi connectivity index (χ0v) is 27.7. The summed E-state index contributed by atoms with van der Waals surface area (Å²) in [6, 6.07) is 13.0. The number of fused-ring (bicyclic) bond motifs is 1. The molecule has 3 unspecified atom stereocenters. The lowest BCUT2D eigenvalue weighted by molar-refractivity contribution is -0.143. The van der Waals surface area contributed by atoms with E-state index < -0.39 is 33.8 Å². The summed E-state index contributed by atoms with van der Waals surface area (Å²) in [6.45, 7) is 11.0. The summed E-state index contributed by atoms with van der Waals surface area (Å²) in [5.41, 5.74) is 0.706. The molecule has 43 heavy (non-hydrogen) atoms. The van der Waals surface area contributed by atoms with Crippen molar-refractivity contribution in [3.05, 3.63) is 70.0 Å². The SMILES string of the molecule is C=C(NC(CC(C)C)C(=O)N1CCN(C(=O)[C@@H](NS(=C)(=O)c2ccc(Cl)cc2Cl)C(C)O)CC1)c1cc2ccccc2s1. The molecule has 1 aliphatic heterocycles. The first-order chi connectivity index (χ1) is 20.3. The standard InChI is InChI=1S/C31H38Cl2N4O4S2/c1-19(2)16-25(34-20(3)27-17-22-8-6-7-9-26(22)42-27)30(39)36-12-14-37(15-13-36)31(40)29(21(4)38)35-43(5,41)28-11-10-23(32)18-24(28)33/h6-11,17-19,21,25,29,34,38H,3,5,12-16H2,1-2,4H3,(H,35,41)/t21?,25?,29-,43?/m0/s1. The summed E-state index contributed by atoms with van der Waals surface area (Å²) in [7, 11) is -3.25. The Balaban J connectivity index is 1.41. The van der Waals surface area contributed by atoms with Crippen LogP contribution in [0.4, 0.5) is 0 Å². The highest BCUT2D eigenvalue weighted by atomic mass is 35.5. The average molecular weight is 666 g/mol. The Morgan fingerprint density at radius 1 is 1.02 bits per heavy atom. The van der Waals surface area contributed by atoms with Gasteiger partial charge < -0.3 is 20.2 Å². The fraction of sp³-hybridized carbons (Fsp3) is 0.387. The third-order valence-corrected chi connectivity index (χ3v) is 10.8. The molecule has 0 radical (unpaired) electrons. The molecule has 3 aromatic rings. The number of aliphatic hydroxyl groups is 1. The highest BCUT2D eigenvalue weighted by Gasteiger charge is 2.35. The number of thiophene rings is 1. The molecule has 1 saturated heterocycles. The van der Waals surface area contributed by atoms with E-state index in [0.29, 0.717) is 30.2 Å². The first kappa shape index (κ1) is 33.3. The molecular weight excluding hydrogens is 627 g/mol. The molecule has 12 heteroatoms. The Labute approximate surface area is 267 Å². The smallest absolute Gasteiger partial charge is 0.245 e. The van der Waals surface area contributed by atoms with Gasteiger partial charge in [-0.05, 0) is 60.9 Å². The third kappa shape index (κ3) is 8.12. The van der Waals surface area contributed by atoms with Gasteiger partial charge in [-0.2, -0.15) is 0 Å². The van der Waals surface area contributed by atoms with E-state index in [4.69, 9.17) is 23.2 Å². The molecule has 1 aromatic heterocycles. The molecule has 1 fully saturated rings. The number of amides is 2. The number of carbonyl (C=O) groups is 2. The van der Waals surface area contributed by atoms with Gasteiger partial charge in [0.05, 0.1) is 30.6 Å². The maximum Gasteiger partial charge on any atom is 0.245 e. The number of hydrogen-bond acceptors (Lipinski definition) is 6. The monoisotopic (exact) mass is 664 g/mol. The van der Waals surface area contributed by atoms with Crippen LogP contribution in [-0.4, -0.2) is 81.2 Å². The van der Waals surface area contributed by atoms with Gasteiger partial charge in [-0.1, -0.05) is 61.8 Å². The highest BCUT2D eigenvalue weighted by molar-refractivity contribution is 7.98. The van der Waals surface area contributed by atoms with Crippen LogP contribution in [0.1, 0.15) is 32.1 Å². The van der Waals surface area contributed by atoms with E-state index in [0.717, 1.165) is 15.0 Å². The van der Waals surface area contributed by atoms with Crippen LogP contribution in [0.25, 0.3) is 15.8 Å². The van der Waals surface area contributed by atoms with Gasteiger partial charge in [0.1, 0.15) is 12.1 Å². The summed E-state index contributed by atoms with van der Waals surface area (Å²) < 4.78 is 17.4. The van der Waals surface area contributed by atoms with Crippen molar-refractivity contribution in [1.82, 2.24) is 19.8 Å². The lowest BCUT2D eigenvalue weighted by Crippen LogP contribution is -2.59. The number of piperazine rings is 1. The Hall–Kier alpha value is -2.60. The fourth-order valence-corrected chi connectivity index (χ4v) is 8.31. The lowest BCUT2D eigenvalue weighted by Gasteiger charge is -2.39. The van der Waals surface area contributed by atoms with Gasteiger partial charge in [-0.15, -0.1) is 11.3 Å². The third-order valence-electron chi connectivity index (χ3n) is 7.29. The maximum absolute atomic E-state index is 13.7. The fourth-order valence-electron chi connectivity index (χ4n) is 5.04. The number of nitrogens with one attached hydrogen (secondary N) is 2. The Morgan fingerprint density at radius 3 is 2.23 bits per heavy atom. The predicted octanol–water partition coefficient (Wildman–Crippen LogP) is 4.88. The highest BCUT2D eigenvalue weighted by Crippen LogP contribution is 2.29. The zero-order valence-electron chi connectivity index (χ0n) is 24.5. The van der Waals surface area contributed by atoms with E-state index in [1.807, 2.05) is 12.1 Å². The molecule has 8 nitrogen and oxygen atoms in total. The van der Waals surface area contributed by atoms with Gasteiger partial charge in [0.2, 0.25) is 11.8 Å². The normalized spacial score (nSPS) is 17.4. The van der Waals surface area contributed by atoms with Crippen molar-refractivity contribution >= 4 is 77.7 Å². The van der Waals surface area contributed by atoms with E-state index in [2.05, 4.69) is 54.5 Å². The molecule has 232 valence electrons. The molecule has 0 aliphatic carbocycles. The zero-order chi connectivity index (χ0) is 31.5. The van der Waals surface area contributed by atoms with Gasteiger partial charge in [-0.3, -0.25) is 9.59 Å². The van der Waals surface area contributed by atoms with Crippen LogP contribution in [0.2, 0.25) is 10.0 Å². The van der Waals surface area contributed by atoms with Crippen LogP contribution in [0.15, 0.2) is 60.0 Å². The molecule has 2 heterocycles. The van der Waals surface area contributed by atoms with Crippen LogP contribution < -0.4 is 10.0 Å². The number of rotatable bonds is 11. The van der Waals surface area contributed by atoms with Gasteiger partial charge >= 0.3 is 0 Å². The molecule has 0 spiro atoms. The van der Waals surface area contributed by atoms with E-state index >= 15 is 0 Å². The van der Waals surface area contributed by atoms with Crippen LogP contribution in [0.5, 0.6) is 0 Å². The second-order valence-corrected chi connectivity index (χ2v) is 15.1. The van der Waals surface area contributed by atoms with E-state index in [9.17, 15) is 18.9 Å². The quantitative estimate of drug-likeness (QED) is 0.254. The Bertz CT molecular complexity index is 1570. The predicted molar refractivity (Wildman–Crippen MR) is 179 cm³/mol. The molecule has 1 aliphatic rings. The second kappa shape index (κ2) is 14.0. The van der Waals surface area contributed by atoms with Crippen LogP contribution in [-0.2, 0) is 19.3 Å². The molecule has 4 atom stereocenters. The van der Waals surface area contributed by atoms with Crippen LogP contribution in [0, 0.1) is 5.92 Å². The average Bonchev–Trinajstić information content (AvgIpc) is 3.39. The van der Waals surface area contributed by atoms with E-state index in [-0.39, 0.29) is 34.8 Å². The number of hydrogen-bond donors (Lipinski definition) is 3.